The maximum absolute atomic E-state index is 13.5. The Kier molecular flexibility index (Phi) is 7.79. The normalized spacial score (nSPS) is 10.9. The van der Waals surface area contributed by atoms with Crippen molar-refractivity contribution >= 4 is 28.5 Å². The van der Waals surface area contributed by atoms with Crippen LogP contribution in [0, 0.1) is 20.8 Å². The van der Waals surface area contributed by atoms with Crippen molar-refractivity contribution in [2.75, 3.05) is 11.9 Å². The van der Waals surface area contributed by atoms with E-state index < -0.39 is 0 Å². The van der Waals surface area contributed by atoms with Gasteiger partial charge in [0.15, 0.2) is 0 Å². The van der Waals surface area contributed by atoms with E-state index in [0.717, 1.165) is 58.1 Å². The fourth-order valence-electron chi connectivity index (χ4n) is 4.23. The lowest BCUT2D eigenvalue weighted by Gasteiger charge is -2.13. The van der Waals surface area contributed by atoms with Crippen LogP contribution < -0.4 is 5.32 Å². The van der Waals surface area contributed by atoms with Gasteiger partial charge in [-0.05, 0) is 69.2 Å². The van der Waals surface area contributed by atoms with E-state index in [1.54, 1.807) is 24.3 Å². The van der Waals surface area contributed by atoms with Gasteiger partial charge in [-0.25, -0.2) is 9.78 Å². The maximum atomic E-state index is 13.5. The van der Waals surface area contributed by atoms with Crippen LogP contribution in [0.25, 0.3) is 22.2 Å². The van der Waals surface area contributed by atoms with Gasteiger partial charge < -0.3 is 10.1 Å². The number of ether oxygens (including phenoxy) is 1. The summed E-state index contributed by atoms with van der Waals surface area (Å²) in [6.45, 7) is 8.60. The number of amides is 1. The highest BCUT2D eigenvalue weighted by molar-refractivity contribution is 6.13. The molecule has 0 aliphatic rings. The van der Waals surface area contributed by atoms with E-state index in [4.69, 9.17) is 9.72 Å². The molecule has 5 heteroatoms. The van der Waals surface area contributed by atoms with Crippen LogP contribution in [0.5, 0.6) is 0 Å². The summed E-state index contributed by atoms with van der Waals surface area (Å²) in [7, 11) is 0. The van der Waals surface area contributed by atoms with Gasteiger partial charge in [-0.3, -0.25) is 4.79 Å². The Labute approximate surface area is 212 Å². The SMILES string of the molecule is CCCCCOC(=O)c1ccc(NC(=O)c2cc(-c3ccc(C)cc3)nc3c(C)cc(C)cc23)cc1. The minimum atomic E-state index is -0.349. The summed E-state index contributed by atoms with van der Waals surface area (Å²) in [6.07, 6.45) is 2.97. The molecule has 0 radical (unpaired) electrons. The molecular weight excluding hydrogens is 448 g/mol. The van der Waals surface area contributed by atoms with E-state index in [9.17, 15) is 9.59 Å². The zero-order valence-corrected chi connectivity index (χ0v) is 21.4. The van der Waals surface area contributed by atoms with Crippen molar-refractivity contribution in [1.29, 1.82) is 0 Å². The number of aryl methyl sites for hydroxylation is 3. The van der Waals surface area contributed by atoms with Crippen LogP contribution in [0.15, 0.2) is 66.7 Å². The van der Waals surface area contributed by atoms with Crippen LogP contribution in [-0.4, -0.2) is 23.5 Å². The molecule has 3 aromatic carbocycles. The number of nitrogens with zero attached hydrogens (tertiary/aromatic N) is 1. The molecule has 0 atom stereocenters. The van der Waals surface area contributed by atoms with Gasteiger partial charge in [-0.2, -0.15) is 0 Å². The van der Waals surface area contributed by atoms with Crippen molar-refractivity contribution < 1.29 is 14.3 Å². The topological polar surface area (TPSA) is 68.3 Å². The summed E-state index contributed by atoms with van der Waals surface area (Å²) >= 11 is 0. The number of unbranched alkanes of at least 4 members (excludes halogenated alkanes) is 2. The van der Waals surface area contributed by atoms with E-state index in [-0.39, 0.29) is 11.9 Å². The highest BCUT2D eigenvalue weighted by Gasteiger charge is 2.17. The first-order valence-electron chi connectivity index (χ1n) is 12.4. The summed E-state index contributed by atoms with van der Waals surface area (Å²) < 4.78 is 5.32. The molecule has 184 valence electrons. The summed E-state index contributed by atoms with van der Waals surface area (Å²) in [6, 6.07) is 20.9. The Morgan fingerprint density at radius 1 is 0.861 bits per heavy atom. The molecule has 0 spiro atoms. The molecule has 0 fully saturated rings. The first kappa shape index (κ1) is 25.1. The molecule has 1 heterocycles. The number of esters is 1. The van der Waals surface area contributed by atoms with Gasteiger partial charge in [0.05, 0.1) is 28.9 Å². The number of benzene rings is 3. The van der Waals surface area contributed by atoms with E-state index in [0.29, 0.717) is 23.4 Å². The largest absolute Gasteiger partial charge is 0.462 e. The lowest BCUT2D eigenvalue weighted by atomic mass is 9.99. The third-order valence-corrected chi connectivity index (χ3v) is 6.20. The Morgan fingerprint density at radius 3 is 2.28 bits per heavy atom. The lowest BCUT2D eigenvalue weighted by molar-refractivity contribution is 0.0498. The predicted octanol–water partition coefficient (Wildman–Crippen LogP) is 7.43. The number of nitrogens with one attached hydrogen (secondary N) is 1. The van der Waals surface area contributed by atoms with E-state index in [2.05, 4.69) is 18.3 Å². The van der Waals surface area contributed by atoms with E-state index in [1.165, 1.54) is 0 Å². The molecule has 4 aromatic rings. The first-order chi connectivity index (χ1) is 17.4. The fraction of sp³-hybridized carbons (Fsp3) is 0.258. The number of pyridine rings is 1. The van der Waals surface area contributed by atoms with Crippen molar-refractivity contribution in [2.24, 2.45) is 0 Å². The average Bonchev–Trinajstić information content (AvgIpc) is 2.87. The van der Waals surface area contributed by atoms with Gasteiger partial charge in [-0.15, -0.1) is 0 Å². The number of hydrogen-bond acceptors (Lipinski definition) is 4. The number of rotatable bonds is 8. The number of aromatic nitrogens is 1. The molecule has 0 saturated heterocycles. The van der Waals surface area contributed by atoms with Gasteiger partial charge >= 0.3 is 5.97 Å². The third-order valence-electron chi connectivity index (χ3n) is 6.20. The Bertz CT molecular complexity index is 1390. The van der Waals surface area contributed by atoms with E-state index in [1.807, 2.05) is 57.2 Å². The molecule has 0 saturated carbocycles. The number of fused-ring (bicyclic) bond motifs is 1. The first-order valence-corrected chi connectivity index (χ1v) is 12.4. The summed E-state index contributed by atoms with van der Waals surface area (Å²) in [5, 5.41) is 3.80. The second-order valence-corrected chi connectivity index (χ2v) is 9.27. The molecule has 1 amide bonds. The molecule has 4 rings (SSSR count). The number of anilines is 1. The van der Waals surface area contributed by atoms with Crippen molar-refractivity contribution in [1.82, 2.24) is 4.98 Å². The lowest BCUT2D eigenvalue weighted by Crippen LogP contribution is -2.14. The summed E-state index contributed by atoms with van der Waals surface area (Å²) in [5.74, 6) is -0.576. The van der Waals surface area contributed by atoms with Gasteiger partial charge in [0, 0.05) is 16.6 Å². The van der Waals surface area contributed by atoms with Crippen molar-refractivity contribution in [3.05, 3.63) is 94.5 Å². The quantitative estimate of drug-likeness (QED) is 0.210. The highest BCUT2D eigenvalue weighted by Crippen LogP contribution is 2.29. The number of hydrogen-bond donors (Lipinski definition) is 1. The monoisotopic (exact) mass is 480 g/mol. The standard InChI is InChI=1S/C31H32N2O3/c1-5-6-7-16-36-31(35)24-12-14-25(15-13-24)32-30(34)27-19-28(23-10-8-20(2)9-11-23)33-29-22(4)17-21(3)18-26(27)29/h8-15,17-19H,5-7,16H2,1-4H3,(H,32,34). The van der Waals surface area contributed by atoms with Crippen LogP contribution in [0.2, 0.25) is 0 Å². The second kappa shape index (κ2) is 11.2. The van der Waals surface area contributed by atoms with Gasteiger partial charge in [0.25, 0.3) is 5.91 Å². The summed E-state index contributed by atoms with van der Waals surface area (Å²) in [5.41, 5.74) is 7.40. The fourth-order valence-corrected chi connectivity index (χ4v) is 4.23. The average molecular weight is 481 g/mol. The Hall–Kier alpha value is -3.99. The molecule has 36 heavy (non-hydrogen) atoms. The van der Waals surface area contributed by atoms with Gasteiger partial charge in [-0.1, -0.05) is 61.2 Å². The number of carbonyl (C=O) groups is 2. The van der Waals surface area contributed by atoms with Gasteiger partial charge in [0.2, 0.25) is 0 Å². The minimum absolute atomic E-state index is 0.226. The molecular formula is C31H32N2O3. The molecule has 1 aromatic heterocycles. The zero-order valence-electron chi connectivity index (χ0n) is 21.4. The van der Waals surface area contributed by atoms with Crippen LogP contribution in [0.4, 0.5) is 5.69 Å². The molecule has 0 aliphatic carbocycles. The molecule has 0 aliphatic heterocycles. The third kappa shape index (κ3) is 5.80. The van der Waals surface area contributed by atoms with Crippen molar-refractivity contribution in [3.63, 3.8) is 0 Å². The molecule has 0 bridgehead atoms. The Balaban J connectivity index is 1.61. The predicted molar refractivity (Wildman–Crippen MR) is 146 cm³/mol. The zero-order chi connectivity index (χ0) is 25.7. The minimum Gasteiger partial charge on any atom is -0.462 e. The van der Waals surface area contributed by atoms with Crippen LogP contribution in [-0.2, 0) is 4.74 Å². The Morgan fingerprint density at radius 2 is 1.58 bits per heavy atom. The maximum Gasteiger partial charge on any atom is 0.338 e. The van der Waals surface area contributed by atoms with Crippen LogP contribution in [0.1, 0.15) is 63.6 Å². The summed E-state index contributed by atoms with van der Waals surface area (Å²) in [4.78, 5) is 30.6. The van der Waals surface area contributed by atoms with Crippen molar-refractivity contribution in [3.8, 4) is 11.3 Å². The molecule has 5 nitrogen and oxygen atoms in total. The number of carbonyl (C=O) groups excluding carboxylic acids is 2. The van der Waals surface area contributed by atoms with Crippen LogP contribution in [0.3, 0.4) is 0 Å². The second-order valence-electron chi connectivity index (χ2n) is 9.27. The molecule has 0 unspecified atom stereocenters. The van der Waals surface area contributed by atoms with E-state index >= 15 is 0 Å². The molecule has 1 N–H and O–H groups in total. The van der Waals surface area contributed by atoms with Crippen LogP contribution >= 0.6 is 0 Å². The van der Waals surface area contributed by atoms with Crippen molar-refractivity contribution in [2.45, 2.75) is 47.0 Å². The highest BCUT2D eigenvalue weighted by atomic mass is 16.5. The van der Waals surface area contributed by atoms with Gasteiger partial charge in [0.1, 0.15) is 0 Å². The smallest absolute Gasteiger partial charge is 0.338 e.